The van der Waals surface area contributed by atoms with Gasteiger partial charge in [0.05, 0.1) is 17.3 Å². The minimum absolute atomic E-state index is 0.0145. The summed E-state index contributed by atoms with van der Waals surface area (Å²) in [5.74, 6) is 0.830. The lowest BCUT2D eigenvalue weighted by Gasteiger charge is -2.29. The van der Waals surface area contributed by atoms with Crippen LogP contribution in [0.5, 0.6) is 5.75 Å². The highest BCUT2D eigenvalue weighted by Gasteiger charge is 2.25. The Morgan fingerprint density at radius 1 is 1.22 bits per heavy atom. The van der Waals surface area contributed by atoms with Crippen molar-refractivity contribution in [3.05, 3.63) is 51.7 Å². The van der Waals surface area contributed by atoms with Crippen LogP contribution in [-0.2, 0) is 0 Å². The van der Waals surface area contributed by atoms with Crippen LogP contribution >= 0.6 is 22.9 Å². The number of hydrogen-bond donors (Lipinski definition) is 1. The number of halogens is 1. The van der Waals surface area contributed by atoms with Crippen molar-refractivity contribution in [3.8, 4) is 5.75 Å². The molecule has 1 aliphatic rings. The van der Waals surface area contributed by atoms with E-state index in [0.717, 1.165) is 47.9 Å². The molecule has 0 radical (unpaired) electrons. The zero-order valence-corrected chi connectivity index (χ0v) is 16.5. The monoisotopic (exact) mass is 401 g/mol. The van der Waals surface area contributed by atoms with Gasteiger partial charge in [0.25, 0.3) is 5.91 Å². The predicted molar refractivity (Wildman–Crippen MR) is 108 cm³/mol. The van der Waals surface area contributed by atoms with Crippen molar-refractivity contribution in [2.24, 2.45) is 0 Å². The smallest absolute Gasteiger partial charge is 0.263 e. The molecule has 1 amide bonds. The van der Waals surface area contributed by atoms with Crippen molar-refractivity contribution in [3.63, 3.8) is 0 Å². The van der Waals surface area contributed by atoms with E-state index in [-0.39, 0.29) is 18.1 Å². The molecule has 140 valence electrons. The largest absolute Gasteiger partial charge is 0.490 e. The van der Waals surface area contributed by atoms with Gasteiger partial charge < -0.3 is 10.1 Å². The summed E-state index contributed by atoms with van der Waals surface area (Å²) < 4.78 is 6.16. The molecule has 1 saturated carbocycles. The van der Waals surface area contributed by atoms with E-state index in [2.05, 4.69) is 15.3 Å². The molecule has 1 aromatic carbocycles. The van der Waals surface area contributed by atoms with E-state index in [4.69, 9.17) is 16.3 Å². The molecular formula is C20H20ClN3O2S. The first-order valence-corrected chi connectivity index (χ1v) is 10.3. The first-order chi connectivity index (χ1) is 13.1. The number of aryl methyl sites for hydroxylation is 1. The third kappa shape index (κ3) is 4.06. The van der Waals surface area contributed by atoms with Crippen LogP contribution in [0.3, 0.4) is 0 Å². The Hall–Kier alpha value is -2.18. The van der Waals surface area contributed by atoms with Gasteiger partial charge in [-0.05, 0) is 62.3 Å². The molecule has 5 nitrogen and oxygen atoms in total. The van der Waals surface area contributed by atoms with Crippen molar-refractivity contribution in [2.45, 2.75) is 44.8 Å². The molecule has 0 aliphatic heterocycles. The lowest BCUT2D eigenvalue weighted by molar-refractivity contribution is 0.0897. The number of benzene rings is 1. The third-order valence-electron chi connectivity index (χ3n) is 4.95. The highest BCUT2D eigenvalue weighted by Crippen LogP contribution is 2.28. The molecule has 0 spiro atoms. The van der Waals surface area contributed by atoms with Crippen molar-refractivity contribution in [1.29, 1.82) is 0 Å². The zero-order valence-electron chi connectivity index (χ0n) is 14.9. The maximum absolute atomic E-state index is 12.3. The molecule has 0 atom stereocenters. The summed E-state index contributed by atoms with van der Waals surface area (Å²) in [6.45, 7) is 1.86. The van der Waals surface area contributed by atoms with Gasteiger partial charge in [-0.2, -0.15) is 0 Å². The predicted octanol–water partition coefficient (Wildman–Crippen LogP) is 4.77. The van der Waals surface area contributed by atoms with E-state index < -0.39 is 0 Å². The highest BCUT2D eigenvalue weighted by atomic mass is 35.5. The summed E-state index contributed by atoms with van der Waals surface area (Å²) in [4.78, 5) is 21.3. The Balaban J connectivity index is 1.33. The van der Waals surface area contributed by atoms with Gasteiger partial charge >= 0.3 is 0 Å². The third-order valence-corrected chi connectivity index (χ3v) is 6.18. The summed E-state index contributed by atoms with van der Waals surface area (Å²) >= 11 is 7.50. The molecule has 1 N–H and O–H groups in total. The zero-order chi connectivity index (χ0) is 18.8. The van der Waals surface area contributed by atoms with E-state index in [9.17, 15) is 4.79 Å². The fourth-order valence-corrected chi connectivity index (χ4v) is 4.41. The number of amides is 1. The topological polar surface area (TPSA) is 64.1 Å². The van der Waals surface area contributed by atoms with Gasteiger partial charge in [-0.25, -0.2) is 9.97 Å². The molecule has 2 aromatic heterocycles. The van der Waals surface area contributed by atoms with Gasteiger partial charge in [0, 0.05) is 17.6 Å². The Bertz CT molecular complexity index is 967. The molecule has 1 fully saturated rings. The van der Waals surface area contributed by atoms with Gasteiger partial charge in [0.15, 0.2) is 0 Å². The standard InChI is InChI=1S/C20H20ClN3O2S/c1-12-18(27-11-23-12)20(25)24-14-2-4-15(5-3-14)26-16-6-7-17-13(10-16)8-9-22-19(17)21/h6-11,14-15H,2-5H2,1H3,(H,24,25). The Labute approximate surface area is 166 Å². The minimum atomic E-state index is -0.0145. The molecule has 0 unspecified atom stereocenters. The van der Waals surface area contributed by atoms with Crippen LogP contribution in [0.25, 0.3) is 10.8 Å². The quantitative estimate of drug-likeness (QED) is 0.639. The van der Waals surface area contributed by atoms with Crippen LogP contribution in [0, 0.1) is 6.92 Å². The molecular weight excluding hydrogens is 382 g/mol. The van der Waals surface area contributed by atoms with Gasteiger partial charge in [-0.3, -0.25) is 4.79 Å². The second kappa shape index (κ2) is 7.82. The maximum Gasteiger partial charge on any atom is 0.263 e. The second-order valence-corrected chi connectivity index (χ2v) is 8.03. The normalized spacial score (nSPS) is 19.8. The Morgan fingerprint density at radius 3 is 2.78 bits per heavy atom. The number of aromatic nitrogens is 2. The number of ether oxygens (including phenoxy) is 1. The average molecular weight is 402 g/mol. The van der Waals surface area contributed by atoms with E-state index in [1.54, 1.807) is 11.7 Å². The molecule has 3 aromatic rings. The first-order valence-electron chi connectivity index (χ1n) is 9.02. The molecule has 27 heavy (non-hydrogen) atoms. The van der Waals surface area contributed by atoms with Gasteiger partial charge in [0.1, 0.15) is 15.8 Å². The molecule has 1 aliphatic carbocycles. The number of nitrogens with zero attached hydrogens (tertiary/aromatic N) is 2. The number of carbonyl (C=O) groups excluding carboxylic acids is 1. The number of rotatable bonds is 4. The molecule has 4 rings (SSSR count). The van der Waals surface area contributed by atoms with Crippen molar-refractivity contribution < 1.29 is 9.53 Å². The number of hydrogen-bond acceptors (Lipinski definition) is 5. The molecule has 2 heterocycles. The van der Waals surface area contributed by atoms with E-state index >= 15 is 0 Å². The fourth-order valence-electron chi connectivity index (χ4n) is 3.48. The number of pyridine rings is 1. The maximum atomic E-state index is 12.3. The van der Waals surface area contributed by atoms with E-state index in [1.165, 1.54) is 11.3 Å². The van der Waals surface area contributed by atoms with Crippen molar-refractivity contribution >= 4 is 39.6 Å². The van der Waals surface area contributed by atoms with Crippen LogP contribution in [0.1, 0.15) is 41.0 Å². The van der Waals surface area contributed by atoms with Gasteiger partial charge in [0.2, 0.25) is 0 Å². The Morgan fingerprint density at radius 2 is 2.04 bits per heavy atom. The lowest BCUT2D eigenvalue weighted by atomic mass is 9.93. The molecule has 0 bridgehead atoms. The molecule has 0 saturated heterocycles. The number of nitrogens with one attached hydrogen (secondary N) is 1. The molecule has 7 heteroatoms. The first kappa shape index (κ1) is 18.2. The van der Waals surface area contributed by atoms with E-state index in [0.29, 0.717) is 10.0 Å². The summed E-state index contributed by atoms with van der Waals surface area (Å²) in [5, 5.41) is 5.59. The van der Waals surface area contributed by atoms with Crippen molar-refractivity contribution in [2.75, 3.05) is 0 Å². The number of carbonyl (C=O) groups is 1. The number of thiazole rings is 1. The summed E-state index contributed by atoms with van der Waals surface area (Å²) in [7, 11) is 0. The fraction of sp³-hybridized carbons (Fsp3) is 0.350. The lowest BCUT2D eigenvalue weighted by Crippen LogP contribution is -2.39. The summed E-state index contributed by atoms with van der Waals surface area (Å²) in [5.41, 5.74) is 2.50. The minimum Gasteiger partial charge on any atom is -0.490 e. The Kier molecular flexibility index (Phi) is 5.27. The van der Waals surface area contributed by atoms with Crippen LogP contribution < -0.4 is 10.1 Å². The summed E-state index contributed by atoms with van der Waals surface area (Å²) in [6.07, 6.45) is 5.53. The average Bonchev–Trinajstić information content (AvgIpc) is 3.10. The van der Waals surface area contributed by atoms with Crippen molar-refractivity contribution in [1.82, 2.24) is 15.3 Å². The van der Waals surface area contributed by atoms with Crippen LogP contribution in [-0.4, -0.2) is 28.0 Å². The highest BCUT2D eigenvalue weighted by molar-refractivity contribution is 7.11. The number of fused-ring (bicyclic) bond motifs is 1. The second-order valence-electron chi connectivity index (χ2n) is 6.82. The van der Waals surface area contributed by atoms with Crippen LogP contribution in [0.15, 0.2) is 36.0 Å². The van der Waals surface area contributed by atoms with Gasteiger partial charge in [-0.1, -0.05) is 11.6 Å². The van der Waals surface area contributed by atoms with Crippen LogP contribution in [0.4, 0.5) is 0 Å². The summed E-state index contributed by atoms with van der Waals surface area (Å²) in [6, 6.07) is 8.02. The van der Waals surface area contributed by atoms with E-state index in [1.807, 2.05) is 31.2 Å². The van der Waals surface area contributed by atoms with Gasteiger partial charge in [-0.15, -0.1) is 11.3 Å². The van der Waals surface area contributed by atoms with Crippen LogP contribution in [0.2, 0.25) is 5.15 Å². The SMILES string of the molecule is Cc1ncsc1C(=O)NC1CCC(Oc2ccc3c(Cl)nccc3c2)CC1.